The standard InChI is InChI=1S/C9H6FNO2.C5H7NO2/c1-11-8(12)6-3-2-5(10)4-7(6)9(11)13;7-4-2-1-3-5(8)6-4/h2-4H,1H3;1-3H2,(H,6,7,8). The third kappa shape index (κ3) is 3.13. The van der Waals surface area contributed by atoms with E-state index >= 15 is 0 Å². The van der Waals surface area contributed by atoms with Crippen LogP contribution in [-0.4, -0.2) is 35.6 Å². The Balaban J connectivity index is 0.000000173. The van der Waals surface area contributed by atoms with Crippen LogP contribution in [0.15, 0.2) is 18.2 Å². The first kappa shape index (κ1) is 14.8. The first-order valence-corrected chi connectivity index (χ1v) is 6.35. The summed E-state index contributed by atoms with van der Waals surface area (Å²) in [7, 11) is 1.38. The SMILES string of the molecule is CN1C(=O)c2ccc(F)cc2C1=O.O=C1CCCC(=O)N1. The number of imide groups is 2. The third-order valence-corrected chi connectivity index (χ3v) is 3.14. The molecule has 6 nitrogen and oxygen atoms in total. The van der Waals surface area contributed by atoms with Gasteiger partial charge in [0.15, 0.2) is 0 Å². The van der Waals surface area contributed by atoms with E-state index in [1.54, 1.807) is 0 Å². The van der Waals surface area contributed by atoms with E-state index in [0.717, 1.165) is 11.0 Å². The van der Waals surface area contributed by atoms with E-state index in [0.29, 0.717) is 19.3 Å². The number of hydrogen-bond donors (Lipinski definition) is 1. The molecule has 0 unspecified atom stereocenters. The molecule has 2 aliphatic rings. The Hall–Kier alpha value is -2.57. The summed E-state index contributed by atoms with van der Waals surface area (Å²) in [5, 5.41) is 2.20. The van der Waals surface area contributed by atoms with Gasteiger partial charge in [-0.1, -0.05) is 0 Å². The highest BCUT2D eigenvalue weighted by molar-refractivity contribution is 6.21. The van der Waals surface area contributed by atoms with E-state index in [4.69, 9.17) is 0 Å². The average molecular weight is 292 g/mol. The van der Waals surface area contributed by atoms with Crippen LogP contribution in [0, 0.1) is 5.82 Å². The van der Waals surface area contributed by atoms with Crippen molar-refractivity contribution in [1.82, 2.24) is 10.2 Å². The van der Waals surface area contributed by atoms with Crippen LogP contribution in [0.25, 0.3) is 0 Å². The van der Waals surface area contributed by atoms with E-state index in [1.165, 1.54) is 19.2 Å². The van der Waals surface area contributed by atoms with Gasteiger partial charge in [-0.05, 0) is 24.6 Å². The summed E-state index contributed by atoms with van der Waals surface area (Å²) in [6, 6.07) is 3.58. The molecule has 2 heterocycles. The molecule has 0 aliphatic carbocycles. The van der Waals surface area contributed by atoms with Gasteiger partial charge in [0.05, 0.1) is 11.1 Å². The molecule has 1 fully saturated rings. The lowest BCUT2D eigenvalue weighted by Gasteiger charge is -2.07. The van der Waals surface area contributed by atoms with Crippen molar-refractivity contribution >= 4 is 23.6 Å². The van der Waals surface area contributed by atoms with Crippen LogP contribution in [0.4, 0.5) is 4.39 Å². The quantitative estimate of drug-likeness (QED) is 0.719. The molecule has 110 valence electrons. The molecular formula is C14H13FN2O4. The zero-order chi connectivity index (χ0) is 15.6. The van der Waals surface area contributed by atoms with Crippen molar-refractivity contribution < 1.29 is 23.6 Å². The third-order valence-electron chi connectivity index (χ3n) is 3.14. The Labute approximate surface area is 119 Å². The van der Waals surface area contributed by atoms with Gasteiger partial charge in [0.25, 0.3) is 11.8 Å². The van der Waals surface area contributed by atoms with Gasteiger partial charge < -0.3 is 0 Å². The maximum Gasteiger partial charge on any atom is 0.261 e. The highest BCUT2D eigenvalue weighted by Gasteiger charge is 2.32. The lowest BCUT2D eigenvalue weighted by atomic mass is 10.1. The summed E-state index contributed by atoms with van der Waals surface area (Å²) in [5.41, 5.74) is 0.418. The molecule has 1 aromatic rings. The second kappa shape index (κ2) is 5.82. The summed E-state index contributed by atoms with van der Waals surface area (Å²) < 4.78 is 12.7. The van der Waals surface area contributed by atoms with Crippen molar-refractivity contribution in [2.75, 3.05) is 7.05 Å². The zero-order valence-corrected chi connectivity index (χ0v) is 11.3. The fourth-order valence-electron chi connectivity index (χ4n) is 2.02. The normalized spacial score (nSPS) is 17.1. The Morgan fingerprint density at radius 1 is 1.00 bits per heavy atom. The van der Waals surface area contributed by atoms with Crippen LogP contribution < -0.4 is 5.32 Å². The zero-order valence-electron chi connectivity index (χ0n) is 11.3. The monoisotopic (exact) mass is 292 g/mol. The van der Waals surface area contributed by atoms with Crippen molar-refractivity contribution in [3.8, 4) is 0 Å². The number of halogens is 1. The van der Waals surface area contributed by atoms with Gasteiger partial charge in [-0.25, -0.2) is 4.39 Å². The minimum absolute atomic E-state index is 0.138. The van der Waals surface area contributed by atoms with Crippen LogP contribution in [0.5, 0.6) is 0 Å². The molecule has 7 heteroatoms. The molecule has 0 aromatic heterocycles. The maximum absolute atomic E-state index is 12.7. The van der Waals surface area contributed by atoms with Crippen molar-refractivity contribution in [2.45, 2.75) is 19.3 Å². The van der Waals surface area contributed by atoms with Crippen LogP contribution in [-0.2, 0) is 9.59 Å². The highest BCUT2D eigenvalue weighted by Crippen LogP contribution is 2.21. The minimum Gasteiger partial charge on any atom is -0.296 e. The van der Waals surface area contributed by atoms with Crippen molar-refractivity contribution in [1.29, 1.82) is 0 Å². The van der Waals surface area contributed by atoms with E-state index in [1.807, 2.05) is 0 Å². The number of nitrogens with one attached hydrogen (secondary N) is 1. The number of carbonyl (C=O) groups is 4. The van der Waals surface area contributed by atoms with Crippen molar-refractivity contribution in [3.63, 3.8) is 0 Å². The van der Waals surface area contributed by atoms with E-state index in [9.17, 15) is 23.6 Å². The summed E-state index contributed by atoms with van der Waals surface area (Å²) >= 11 is 0. The fraction of sp³-hybridized carbons (Fsp3) is 0.286. The first-order valence-electron chi connectivity index (χ1n) is 6.35. The van der Waals surface area contributed by atoms with E-state index in [2.05, 4.69) is 5.32 Å². The highest BCUT2D eigenvalue weighted by atomic mass is 19.1. The number of nitrogens with zero attached hydrogens (tertiary/aromatic N) is 1. The summed E-state index contributed by atoms with van der Waals surface area (Å²) in [4.78, 5) is 44.3. The molecule has 0 radical (unpaired) electrons. The maximum atomic E-state index is 12.7. The molecule has 0 bridgehead atoms. The number of carbonyl (C=O) groups excluding carboxylic acids is 4. The lowest BCUT2D eigenvalue weighted by Crippen LogP contribution is -2.33. The molecule has 1 saturated heterocycles. The van der Waals surface area contributed by atoms with Gasteiger partial charge in [-0.15, -0.1) is 0 Å². The fourth-order valence-corrected chi connectivity index (χ4v) is 2.02. The predicted octanol–water partition coefficient (Wildman–Crippen LogP) is 0.865. The average Bonchev–Trinajstić information content (AvgIpc) is 2.64. The number of piperidine rings is 1. The Bertz CT molecular complexity index is 628. The van der Waals surface area contributed by atoms with Gasteiger partial charge in [-0.2, -0.15) is 0 Å². The molecule has 1 N–H and O–H groups in total. The summed E-state index contributed by atoms with van der Waals surface area (Å²) in [5.74, 6) is -1.60. The van der Waals surface area contributed by atoms with Gasteiger partial charge in [0.1, 0.15) is 5.82 Å². The second-order valence-electron chi connectivity index (χ2n) is 4.68. The number of benzene rings is 1. The van der Waals surface area contributed by atoms with Crippen molar-refractivity contribution in [2.24, 2.45) is 0 Å². The van der Waals surface area contributed by atoms with Gasteiger partial charge in [-0.3, -0.25) is 29.4 Å². The smallest absolute Gasteiger partial charge is 0.261 e. The van der Waals surface area contributed by atoms with Crippen LogP contribution >= 0.6 is 0 Å². The number of fused-ring (bicyclic) bond motifs is 1. The topological polar surface area (TPSA) is 83.6 Å². The Morgan fingerprint density at radius 2 is 1.57 bits per heavy atom. The molecule has 0 saturated carbocycles. The summed E-state index contributed by atoms with van der Waals surface area (Å²) in [6.07, 6.45) is 1.72. The molecule has 0 atom stereocenters. The van der Waals surface area contributed by atoms with E-state index in [-0.39, 0.29) is 28.8 Å². The predicted molar refractivity (Wildman–Crippen MR) is 69.8 cm³/mol. The van der Waals surface area contributed by atoms with Crippen LogP contribution in [0.3, 0.4) is 0 Å². The van der Waals surface area contributed by atoms with E-state index < -0.39 is 11.7 Å². The largest absolute Gasteiger partial charge is 0.296 e. The molecule has 21 heavy (non-hydrogen) atoms. The number of hydrogen-bond acceptors (Lipinski definition) is 4. The second-order valence-corrected chi connectivity index (χ2v) is 4.68. The number of amides is 4. The number of rotatable bonds is 0. The van der Waals surface area contributed by atoms with Crippen molar-refractivity contribution in [3.05, 3.63) is 35.1 Å². The lowest BCUT2D eigenvalue weighted by molar-refractivity contribution is -0.132. The molecular weight excluding hydrogens is 279 g/mol. The Kier molecular flexibility index (Phi) is 4.11. The Morgan fingerprint density at radius 3 is 2.10 bits per heavy atom. The molecule has 2 aliphatic heterocycles. The molecule has 1 aromatic carbocycles. The first-order chi connectivity index (χ1) is 9.90. The molecule has 0 spiro atoms. The minimum atomic E-state index is -0.504. The van der Waals surface area contributed by atoms with Gasteiger partial charge in [0, 0.05) is 19.9 Å². The van der Waals surface area contributed by atoms with Gasteiger partial charge >= 0.3 is 0 Å². The van der Waals surface area contributed by atoms with Crippen LogP contribution in [0.1, 0.15) is 40.0 Å². The molecule has 4 amide bonds. The summed E-state index contributed by atoms with van der Waals surface area (Å²) in [6.45, 7) is 0. The molecule has 3 rings (SSSR count). The van der Waals surface area contributed by atoms with Crippen LogP contribution in [0.2, 0.25) is 0 Å². The van der Waals surface area contributed by atoms with Gasteiger partial charge in [0.2, 0.25) is 11.8 Å².